The summed E-state index contributed by atoms with van der Waals surface area (Å²) < 4.78 is 0. The molecule has 0 aromatic carbocycles. The highest BCUT2D eigenvalue weighted by Gasteiger charge is 2.05. The lowest BCUT2D eigenvalue weighted by atomic mass is 10.2. The van der Waals surface area contributed by atoms with E-state index >= 15 is 0 Å². The largest absolute Gasteiger partial charge is 0.308 e. The lowest BCUT2D eigenvalue weighted by Gasteiger charge is -2.04. The molecule has 0 unspecified atom stereocenters. The lowest BCUT2D eigenvalue weighted by molar-refractivity contribution is 0.814. The van der Waals surface area contributed by atoms with Crippen LogP contribution in [0.2, 0.25) is 0 Å². The number of nitrogens with zero attached hydrogens (tertiary/aromatic N) is 3. The summed E-state index contributed by atoms with van der Waals surface area (Å²) in [6.07, 6.45) is 3.11. The monoisotopic (exact) mass is 278 g/mol. The molecule has 0 aliphatic rings. The van der Waals surface area contributed by atoms with Crippen LogP contribution in [0.25, 0.3) is 0 Å². The van der Waals surface area contributed by atoms with E-state index in [1.165, 1.54) is 24.2 Å². The van der Waals surface area contributed by atoms with E-state index in [0.717, 1.165) is 18.5 Å². The Kier molecular flexibility index (Phi) is 4.48. The van der Waals surface area contributed by atoms with E-state index in [2.05, 4.69) is 25.4 Å². The average Bonchev–Trinajstić information content (AvgIpc) is 2.38. The molecule has 0 saturated carbocycles. The van der Waals surface area contributed by atoms with Gasteiger partial charge in [0.15, 0.2) is 5.16 Å². The molecule has 2 aromatic rings. The number of hydrogen-bond donors (Lipinski definition) is 3. The Balaban J connectivity index is 2.24. The maximum atomic E-state index is 11.5. The zero-order valence-corrected chi connectivity index (χ0v) is 11.2. The van der Waals surface area contributed by atoms with Gasteiger partial charge in [0.2, 0.25) is 0 Å². The number of nitrogen functional groups attached to an aromatic ring is 1. The van der Waals surface area contributed by atoms with Crippen LogP contribution < -0.4 is 16.8 Å². The van der Waals surface area contributed by atoms with Crippen molar-refractivity contribution in [1.29, 1.82) is 0 Å². The Morgan fingerprint density at radius 1 is 1.42 bits per heavy atom. The minimum absolute atomic E-state index is 0.160. The zero-order valence-electron chi connectivity index (χ0n) is 10.4. The first-order chi connectivity index (χ1) is 9.21. The van der Waals surface area contributed by atoms with E-state index in [9.17, 15) is 4.79 Å². The number of rotatable bonds is 5. The topological polar surface area (TPSA) is 110 Å². The zero-order chi connectivity index (χ0) is 13.7. The predicted molar refractivity (Wildman–Crippen MR) is 72.8 cm³/mol. The molecule has 0 saturated heterocycles. The molecule has 19 heavy (non-hydrogen) atoms. The predicted octanol–water partition coefficient (Wildman–Crippen LogP) is 0.949. The van der Waals surface area contributed by atoms with Crippen molar-refractivity contribution in [2.75, 3.05) is 5.43 Å². The molecule has 100 valence electrons. The standard InChI is InChI=1S/C11H14N6OS/c1-2-3-7-4-9(18)16-11(15-7)19-10-5-8(17-12)13-6-14-10/h4-6H,2-3,12H2,1H3,(H,13,14,17)(H,15,16,18). The second-order valence-electron chi connectivity index (χ2n) is 3.78. The second kappa shape index (κ2) is 6.30. The van der Waals surface area contributed by atoms with Crippen LogP contribution >= 0.6 is 11.8 Å². The number of aromatic nitrogens is 4. The first kappa shape index (κ1) is 13.5. The molecule has 2 aromatic heterocycles. The highest BCUT2D eigenvalue weighted by atomic mass is 32.2. The minimum atomic E-state index is -0.160. The third kappa shape index (κ3) is 3.76. The molecule has 4 N–H and O–H groups in total. The molecule has 0 amide bonds. The van der Waals surface area contributed by atoms with Crippen LogP contribution in [-0.4, -0.2) is 19.9 Å². The Bertz CT molecular complexity index is 614. The molecule has 0 aliphatic carbocycles. The highest BCUT2D eigenvalue weighted by Crippen LogP contribution is 2.22. The van der Waals surface area contributed by atoms with Gasteiger partial charge in [0.1, 0.15) is 17.2 Å². The van der Waals surface area contributed by atoms with Crippen molar-refractivity contribution in [2.45, 2.75) is 29.9 Å². The van der Waals surface area contributed by atoms with Gasteiger partial charge in [-0.05, 0) is 18.2 Å². The molecule has 0 fully saturated rings. The van der Waals surface area contributed by atoms with E-state index < -0.39 is 0 Å². The molecule has 0 spiro atoms. The van der Waals surface area contributed by atoms with Gasteiger partial charge in [-0.15, -0.1) is 0 Å². The molecular weight excluding hydrogens is 264 g/mol. The third-order valence-corrected chi connectivity index (χ3v) is 3.09. The smallest absolute Gasteiger partial charge is 0.251 e. The van der Waals surface area contributed by atoms with Crippen LogP contribution in [0.3, 0.4) is 0 Å². The van der Waals surface area contributed by atoms with Crippen LogP contribution in [0.15, 0.2) is 33.4 Å². The van der Waals surface area contributed by atoms with Crippen molar-refractivity contribution in [3.05, 3.63) is 34.5 Å². The summed E-state index contributed by atoms with van der Waals surface area (Å²) in [6.45, 7) is 2.04. The molecule has 2 heterocycles. The van der Waals surface area contributed by atoms with Gasteiger partial charge >= 0.3 is 0 Å². The summed E-state index contributed by atoms with van der Waals surface area (Å²) in [7, 11) is 0. The van der Waals surface area contributed by atoms with Crippen LogP contribution in [0.1, 0.15) is 19.0 Å². The van der Waals surface area contributed by atoms with Gasteiger partial charge in [0, 0.05) is 17.8 Å². The van der Waals surface area contributed by atoms with Crippen molar-refractivity contribution in [2.24, 2.45) is 5.84 Å². The Morgan fingerprint density at radius 2 is 2.26 bits per heavy atom. The van der Waals surface area contributed by atoms with E-state index in [0.29, 0.717) is 16.0 Å². The van der Waals surface area contributed by atoms with Crippen molar-refractivity contribution >= 4 is 17.6 Å². The lowest BCUT2D eigenvalue weighted by Crippen LogP contribution is -2.10. The average molecular weight is 278 g/mol. The molecule has 8 heteroatoms. The third-order valence-electron chi connectivity index (χ3n) is 2.27. The van der Waals surface area contributed by atoms with Gasteiger partial charge in [0.25, 0.3) is 5.56 Å². The SMILES string of the molecule is CCCc1cc(=O)[nH]c(Sc2cc(NN)ncn2)n1. The van der Waals surface area contributed by atoms with Gasteiger partial charge in [-0.3, -0.25) is 4.79 Å². The molecule has 7 nitrogen and oxygen atoms in total. The molecule has 0 radical (unpaired) electrons. The van der Waals surface area contributed by atoms with Gasteiger partial charge in [-0.2, -0.15) is 0 Å². The fourth-order valence-corrected chi connectivity index (χ4v) is 2.27. The van der Waals surface area contributed by atoms with Crippen molar-refractivity contribution in [3.8, 4) is 0 Å². The van der Waals surface area contributed by atoms with Gasteiger partial charge < -0.3 is 10.4 Å². The van der Waals surface area contributed by atoms with E-state index in [4.69, 9.17) is 5.84 Å². The van der Waals surface area contributed by atoms with E-state index in [1.807, 2.05) is 6.92 Å². The maximum absolute atomic E-state index is 11.5. The molecule has 2 rings (SSSR count). The Morgan fingerprint density at radius 3 is 3.00 bits per heavy atom. The summed E-state index contributed by atoms with van der Waals surface area (Å²) in [6, 6.07) is 3.19. The number of hydrazine groups is 1. The molecule has 0 aliphatic heterocycles. The van der Waals surface area contributed by atoms with E-state index in [1.54, 1.807) is 6.07 Å². The highest BCUT2D eigenvalue weighted by molar-refractivity contribution is 7.99. The fourth-order valence-electron chi connectivity index (χ4n) is 1.49. The van der Waals surface area contributed by atoms with Crippen LogP contribution in [0.5, 0.6) is 0 Å². The summed E-state index contributed by atoms with van der Waals surface area (Å²) in [5, 5.41) is 1.16. The number of anilines is 1. The van der Waals surface area contributed by atoms with Gasteiger partial charge in [0.05, 0.1) is 0 Å². The summed E-state index contributed by atoms with van der Waals surface area (Å²) >= 11 is 1.26. The molecule has 0 atom stereocenters. The molecule has 0 bridgehead atoms. The number of aromatic amines is 1. The maximum Gasteiger partial charge on any atom is 0.251 e. The fraction of sp³-hybridized carbons (Fsp3) is 0.273. The first-order valence-corrected chi connectivity index (χ1v) is 6.59. The number of nitrogens with two attached hydrogens (primary N) is 1. The number of H-pyrrole nitrogens is 1. The second-order valence-corrected chi connectivity index (χ2v) is 4.79. The summed E-state index contributed by atoms with van der Waals surface area (Å²) in [5.74, 6) is 5.78. The summed E-state index contributed by atoms with van der Waals surface area (Å²) in [4.78, 5) is 26.6. The van der Waals surface area contributed by atoms with Gasteiger partial charge in [-0.1, -0.05) is 13.3 Å². The minimum Gasteiger partial charge on any atom is -0.308 e. The quantitative estimate of drug-likeness (QED) is 0.323. The van der Waals surface area contributed by atoms with Crippen LogP contribution in [0.4, 0.5) is 5.82 Å². The summed E-state index contributed by atoms with van der Waals surface area (Å²) in [5.41, 5.74) is 3.06. The van der Waals surface area contributed by atoms with Crippen molar-refractivity contribution in [3.63, 3.8) is 0 Å². The van der Waals surface area contributed by atoms with Crippen molar-refractivity contribution in [1.82, 2.24) is 19.9 Å². The Labute approximate surface area is 114 Å². The van der Waals surface area contributed by atoms with Crippen molar-refractivity contribution < 1.29 is 0 Å². The van der Waals surface area contributed by atoms with E-state index in [-0.39, 0.29) is 5.56 Å². The van der Waals surface area contributed by atoms with Crippen LogP contribution in [-0.2, 0) is 6.42 Å². The van der Waals surface area contributed by atoms with Gasteiger partial charge in [-0.25, -0.2) is 20.8 Å². The molecular formula is C11H14N6OS. The normalized spacial score (nSPS) is 10.4. The van der Waals surface area contributed by atoms with Crippen LogP contribution in [0, 0.1) is 0 Å². The number of nitrogens with one attached hydrogen (secondary N) is 2. The Hall–Kier alpha value is -1.93. The first-order valence-electron chi connectivity index (χ1n) is 5.78. The number of hydrogen-bond acceptors (Lipinski definition) is 7. The number of aryl methyl sites for hydroxylation is 1.